The summed E-state index contributed by atoms with van der Waals surface area (Å²) in [4.78, 5) is 61.9. The Bertz CT molecular complexity index is 448. The van der Waals surface area contributed by atoms with Gasteiger partial charge in [-0.15, -0.1) is 5.06 Å². The van der Waals surface area contributed by atoms with Crippen molar-refractivity contribution in [2.45, 2.75) is 32.2 Å². The minimum Gasteiger partial charge on any atom is -0.350 e. The number of hydroxylamine groups is 2. The zero-order valence-corrected chi connectivity index (χ0v) is 11.8. The lowest BCUT2D eigenvalue weighted by Crippen LogP contribution is -2.42. The monoisotopic (exact) mass is 299 g/mol. The third-order valence-electron chi connectivity index (χ3n) is 3.05. The highest BCUT2D eigenvalue weighted by molar-refractivity contribution is 6.01. The first kappa shape index (κ1) is 16.6. The van der Waals surface area contributed by atoms with E-state index in [9.17, 15) is 24.0 Å². The summed E-state index contributed by atoms with van der Waals surface area (Å²) in [5.41, 5.74) is 0. The second kappa shape index (κ2) is 7.36. The minimum atomic E-state index is -0.783. The van der Waals surface area contributed by atoms with Crippen molar-refractivity contribution >= 4 is 30.1 Å². The molecule has 1 aliphatic heterocycles. The second-order valence-corrected chi connectivity index (χ2v) is 4.60. The topological polar surface area (TPSA) is 113 Å². The largest absolute Gasteiger partial charge is 0.350 e. The van der Waals surface area contributed by atoms with Gasteiger partial charge in [-0.05, 0) is 6.92 Å². The highest BCUT2D eigenvalue weighted by atomic mass is 16.7. The van der Waals surface area contributed by atoms with E-state index in [0.717, 1.165) is 0 Å². The molecule has 0 bridgehead atoms. The quantitative estimate of drug-likeness (QED) is 0.456. The molecule has 9 heteroatoms. The summed E-state index contributed by atoms with van der Waals surface area (Å²) in [5, 5.41) is 2.69. The summed E-state index contributed by atoms with van der Waals surface area (Å²) in [6.45, 7) is 1.43. The van der Waals surface area contributed by atoms with Crippen LogP contribution in [-0.4, -0.2) is 59.7 Å². The Hall–Kier alpha value is -2.45. The number of nitrogens with zero attached hydrogens (tertiary/aromatic N) is 2. The fraction of sp³-hybridized carbons (Fsp3) is 0.583. The summed E-state index contributed by atoms with van der Waals surface area (Å²) < 4.78 is 0. The molecule has 1 saturated heterocycles. The van der Waals surface area contributed by atoms with Crippen molar-refractivity contribution in [3.05, 3.63) is 0 Å². The summed E-state index contributed by atoms with van der Waals surface area (Å²) in [5.74, 6) is -2.27. The van der Waals surface area contributed by atoms with E-state index in [0.29, 0.717) is 11.5 Å². The van der Waals surface area contributed by atoms with Crippen LogP contribution in [0.3, 0.4) is 0 Å². The Kier molecular flexibility index (Phi) is 5.82. The molecule has 1 rings (SSSR count). The van der Waals surface area contributed by atoms with E-state index in [2.05, 4.69) is 5.32 Å². The van der Waals surface area contributed by atoms with Crippen LogP contribution in [-0.2, 0) is 28.8 Å². The molecule has 1 heterocycles. The van der Waals surface area contributed by atoms with E-state index in [1.54, 1.807) is 6.92 Å². The predicted octanol–water partition coefficient (Wildman–Crippen LogP) is -1.42. The zero-order chi connectivity index (χ0) is 16.0. The second-order valence-electron chi connectivity index (χ2n) is 4.60. The normalized spacial score (nSPS) is 15.6. The first-order valence-electron chi connectivity index (χ1n) is 6.36. The molecule has 21 heavy (non-hydrogen) atoms. The Morgan fingerprint density at radius 2 is 1.95 bits per heavy atom. The average molecular weight is 299 g/mol. The van der Waals surface area contributed by atoms with Gasteiger partial charge in [0.1, 0.15) is 0 Å². The molecule has 4 amide bonds. The van der Waals surface area contributed by atoms with E-state index in [1.165, 1.54) is 11.9 Å². The fourth-order valence-corrected chi connectivity index (χ4v) is 1.67. The third kappa shape index (κ3) is 4.55. The van der Waals surface area contributed by atoms with Crippen LogP contribution in [0.25, 0.3) is 0 Å². The number of amides is 4. The molecule has 1 N–H and O–H groups in total. The average Bonchev–Trinajstić information content (AvgIpc) is 2.75. The molecule has 0 aromatic rings. The number of nitrogens with one attached hydrogen (secondary N) is 1. The smallest absolute Gasteiger partial charge is 0.335 e. The Labute approximate surface area is 121 Å². The standard InChI is InChI=1S/C12H17N3O6/c1-8(14(2)11(19)6-13-7-16)5-12(20)21-15-9(17)3-4-10(15)18/h7-8H,3-6H2,1-2H3,(H,13,16). The number of hydrogen-bond acceptors (Lipinski definition) is 6. The lowest BCUT2D eigenvalue weighted by Gasteiger charge is -2.24. The first-order valence-corrected chi connectivity index (χ1v) is 6.36. The highest BCUT2D eigenvalue weighted by Gasteiger charge is 2.33. The molecule has 1 atom stereocenters. The van der Waals surface area contributed by atoms with Crippen LogP contribution >= 0.6 is 0 Å². The summed E-state index contributed by atoms with van der Waals surface area (Å²) >= 11 is 0. The lowest BCUT2D eigenvalue weighted by atomic mass is 10.2. The van der Waals surface area contributed by atoms with Crippen molar-refractivity contribution in [1.29, 1.82) is 0 Å². The molecule has 0 radical (unpaired) electrons. The van der Waals surface area contributed by atoms with Gasteiger partial charge in [0.15, 0.2) is 0 Å². The van der Waals surface area contributed by atoms with E-state index >= 15 is 0 Å². The van der Waals surface area contributed by atoms with Gasteiger partial charge < -0.3 is 15.1 Å². The van der Waals surface area contributed by atoms with Crippen molar-refractivity contribution in [2.24, 2.45) is 0 Å². The van der Waals surface area contributed by atoms with Gasteiger partial charge in [-0.25, -0.2) is 4.79 Å². The van der Waals surface area contributed by atoms with Crippen LogP contribution in [0.5, 0.6) is 0 Å². The van der Waals surface area contributed by atoms with Crippen molar-refractivity contribution in [3.8, 4) is 0 Å². The van der Waals surface area contributed by atoms with Crippen molar-refractivity contribution in [3.63, 3.8) is 0 Å². The predicted molar refractivity (Wildman–Crippen MR) is 68.1 cm³/mol. The number of carbonyl (C=O) groups is 5. The highest BCUT2D eigenvalue weighted by Crippen LogP contribution is 2.13. The number of imide groups is 1. The number of likely N-dealkylation sites (N-methyl/N-ethyl adjacent to an activating group) is 1. The number of hydrogen-bond donors (Lipinski definition) is 1. The van der Waals surface area contributed by atoms with Gasteiger partial charge in [0.05, 0.1) is 13.0 Å². The summed E-state index contributed by atoms with van der Waals surface area (Å²) in [6, 6.07) is -0.508. The maximum atomic E-state index is 11.7. The van der Waals surface area contributed by atoms with Gasteiger partial charge in [-0.3, -0.25) is 19.2 Å². The molecular formula is C12H17N3O6. The van der Waals surface area contributed by atoms with Crippen LogP contribution in [0.1, 0.15) is 26.2 Å². The minimum absolute atomic E-state index is 0.0252. The molecule has 1 fully saturated rings. The van der Waals surface area contributed by atoms with Crippen molar-refractivity contribution in [1.82, 2.24) is 15.3 Å². The molecule has 116 valence electrons. The maximum Gasteiger partial charge on any atom is 0.335 e. The Morgan fingerprint density at radius 1 is 1.38 bits per heavy atom. The van der Waals surface area contributed by atoms with E-state index < -0.39 is 23.8 Å². The molecule has 0 spiro atoms. The van der Waals surface area contributed by atoms with Crippen LogP contribution < -0.4 is 5.32 Å². The van der Waals surface area contributed by atoms with Gasteiger partial charge in [-0.2, -0.15) is 0 Å². The van der Waals surface area contributed by atoms with E-state index in [1.807, 2.05) is 0 Å². The molecule has 0 aromatic heterocycles. The Balaban J connectivity index is 2.46. The molecule has 0 aromatic carbocycles. The van der Waals surface area contributed by atoms with Gasteiger partial charge in [0, 0.05) is 25.9 Å². The SMILES string of the molecule is CC(CC(=O)ON1C(=O)CCC1=O)N(C)C(=O)CNC=O. The van der Waals surface area contributed by atoms with Crippen LogP contribution in [0.2, 0.25) is 0 Å². The van der Waals surface area contributed by atoms with E-state index in [4.69, 9.17) is 4.84 Å². The molecule has 0 aliphatic carbocycles. The lowest BCUT2D eigenvalue weighted by molar-refractivity contribution is -0.198. The zero-order valence-electron chi connectivity index (χ0n) is 11.8. The maximum absolute atomic E-state index is 11.7. The molecular weight excluding hydrogens is 282 g/mol. The van der Waals surface area contributed by atoms with Gasteiger partial charge in [0.25, 0.3) is 11.8 Å². The van der Waals surface area contributed by atoms with Crippen molar-refractivity contribution in [2.75, 3.05) is 13.6 Å². The van der Waals surface area contributed by atoms with Crippen molar-refractivity contribution < 1.29 is 28.8 Å². The molecule has 0 saturated carbocycles. The number of rotatable bonds is 7. The fourth-order valence-electron chi connectivity index (χ4n) is 1.67. The Morgan fingerprint density at radius 3 is 2.48 bits per heavy atom. The molecule has 1 unspecified atom stereocenters. The van der Waals surface area contributed by atoms with Crippen LogP contribution in [0, 0.1) is 0 Å². The van der Waals surface area contributed by atoms with Gasteiger partial charge in [0.2, 0.25) is 12.3 Å². The first-order chi connectivity index (χ1) is 9.86. The third-order valence-corrected chi connectivity index (χ3v) is 3.05. The van der Waals surface area contributed by atoms with E-state index in [-0.39, 0.29) is 31.7 Å². The van der Waals surface area contributed by atoms with Crippen LogP contribution in [0.4, 0.5) is 0 Å². The molecule has 1 aliphatic rings. The van der Waals surface area contributed by atoms with Crippen LogP contribution in [0.15, 0.2) is 0 Å². The van der Waals surface area contributed by atoms with Gasteiger partial charge in [-0.1, -0.05) is 0 Å². The molecule has 9 nitrogen and oxygen atoms in total. The number of carbonyl (C=O) groups excluding carboxylic acids is 5. The summed E-state index contributed by atoms with van der Waals surface area (Å²) in [7, 11) is 1.47. The van der Waals surface area contributed by atoms with Gasteiger partial charge >= 0.3 is 5.97 Å². The summed E-state index contributed by atoms with van der Waals surface area (Å²) in [6.07, 6.45) is 0.268.